The maximum atomic E-state index is 5.39. The van der Waals surface area contributed by atoms with Gasteiger partial charge in [0.15, 0.2) is 12.4 Å². The van der Waals surface area contributed by atoms with E-state index < -0.39 is 8.80 Å². The molecule has 0 atom stereocenters. The predicted octanol–water partition coefficient (Wildman–Crippen LogP) is 1.51. The lowest BCUT2D eigenvalue weighted by molar-refractivity contribution is -0.685. The minimum absolute atomic E-state index is 0.541. The predicted molar refractivity (Wildman–Crippen MR) is 67.5 cm³/mol. The van der Waals surface area contributed by atoms with Crippen LogP contribution in [0, 0.1) is 0 Å². The van der Waals surface area contributed by atoms with Crippen molar-refractivity contribution in [3.63, 3.8) is 0 Å². The van der Waals surface area contributed by atoms with Crippen LogP contribution in [-0.4, -0.2) is 30.1 Å². The molecule has 96 valence electrons. The quantitative estimate of drug-likeness (QED) is 0.571. The first-order valence-electron chi connectivity index (χ1n) is 5.71. The van der Waals surface area contributed by atoms with Crippen LogP contribution < -0.4 is 4.57 Å². The topological polar surface area (TPSA) is 31.6 Å². The summed E-state index contributed by atoms with van der Waals surface area (Å²) in [5.74, 6) is 0.541. The number of rotatable bonds is 6. The summed E-state index contributed by atoms with van der Waals surface area (Å²) in [6, 6.07) is 4.23. The molecule has 0 bridgehead atoms. The van der Waals surface area contributed by atoms with E-state index in [4.69, 9.17) is 13.3 Å². The summed E-state index contributed by atoms with van der Waals surface area (Å²) in [7, 11) is 2.34. The Morgan fingerprint density at radius 2 is 1.53 bits per heavy atom. The first-order valence-corrected chi connectivity index (χ1v) is 7.64. The second kappa shape index (κ2) is 6.25. The zero-order chi connectivity index (χ0) is 12.9. The fourth-order valence-corrected chi connectivity index (χ4v) is 3.17. The molecule has 1 aromatic heterocycles. The third-order valence-electron chi connectivity index (χ3n) is 2.89. The van der Waals surface area contributed by atoms with Gasteiger partial charge in [0.25, 0.3) is 0 Å². The summed E-state index contributed by atoms with van der Waals surface area (Å²) in [4.78, 5) is 0. The molecule has 0 spiro atoms. The maximum Gasteiger partial charge on any atom is 0.569 e. The van der Waals surface area contributed by atoms with Crippen molar-refractivity contribution >= 4 is 8.80 Å². The van der Waals surface area contributed by atoms with Crippen molar-refractivity contribution in [2.75, 3.05) is 21.3 Å². The molecule has 1 heterocycles. The molecule has 0 unspecified atom stereocenters. The molecule has 0 saturated heterocycles. The molecule has 0 aliphatic heterocycles. The van der Waals surface area contributed by atoms with Crippen molar-refractivity contribution in [2.24, 2.45) is 0 Å². The van der Waals surface area contributed by atoms with E-state index in [-0.39, 0.29) is 0 Å². The summed E-state index contributed by atoms with van der Waals surface area (Å²) >= 11 is 0. The third kappa shape index (κ3) is 3.60. The molecule has 0 aromatic carbocycles. The molecule has 0 N–H and O–H groups in total. The van der Waals surface area contributed by atoms with E-state index in [0.717, 1.165) is 0 Å². The Balaban J connectivity index is 2.80. The minimum atomic E-state index is -2.54. The Kier molecular flexibility index (Phi) is 5.26. The van der Waals surface area contributed by atoms with Crippen LogP contribution in [-0.2, 0) is 19.4 Å². The minimum Gasteiger partial charge on any atom is -0.373 e. The normalized spacial score (nSPS) is 12.1. The molecule has 0 saturated carbocycles. The molecule has 1 rings (SSSR count). The van der Waals surface area contributed by atoms with Crippen molar-refractivity contribution in [3.8, 4) is 0 Å². The molecule has 0 fully saturated rings. The number of hydrogen-bond donors (Lipinski definition) is 0. The van der Waals surface area contributed by atoms with E-state index in [2.05, 4.69) is 26.0 Å². The van der Waals surface area contributed by atoms with Gasteiger partial charge in [-0.1, -0.05) is 13.8 Å². The molecule has 17 heavy (non-hydrogen) atoms. The second-order valence-corrected chi connectivity index (χ2v) is 7.16. The van der Waals surface area contributed by atoms with Crippen molar-refractivity contribution in [1.82, 2.24) is 0 Å². The van der Waals surface area contributed by atoms with E-state index in [0.29, 0.717) is 12.1 Å². The standard InChI is InChI=1S/C12H22NO3Si/c1-11(2)12-6-8-13(9-7-12)10-17(14-3,15-4)16-5/h6-9,11H,10H2,1-5H3/q+1. The van der Waals surface area contributed by atoms with E-state index in [9.17, 15) is 0 Å². The molecule has 0 aliphatic carbocycles. The molecule has 0 radical (unpaired) electrons. The van der Waals surface area contributed by atoms with Crippen molar-refractivity contribution < 1.29 is 17.8 Å². The van der Waals surface area contributed by atoms with Gasteiger partial charge in [-0.15, -0.1) is 0 Å². The van der Waals surface area contributed by atoms with Gasteiger partial charge >= 0.3 is 8.80 Å². The van der Waals surface area contributed by atoms with Gasteiger partial charge in [-0.25, -0.2) is 4.57 Å². The highest BCUT2D eigenvalue weighted by molar-refractivity contribution is 6.58. The first-order chi connectivity index (χ1) is 8.06. The number of pyridine rings is 1. The van der Waals surface area contributed by atoms with Crippen molar-refractivity contribution in [2.45, 2.75) is 25.9 Å². The summed E-state index contributed by atoms with van der Waals surface area (Å²) in [6.45, 7) is 4.36. The Bertz CT molecular complexity index is 328. The zero-order valence-corrected chi connectivity index (χ0v) is 12.3. The van der Waals surface area contributed by atoms with Gasteiger partial charge in [0, 0.05) is 33.5 Å². The number of hydrogen-bond acceptors (Lipinski definition) is 3. The average molecular weight is 256 g/mol. The van der Waals surface area contributed by atoms with Crippen LogP contribution in [0.1, 0.15) is 25.3 Å². The number of nitrogens with zero attached hydrogens (tertiary/aromatic N) is 1. The van der Waals surface area contributed by atoms with Crippen molar-refractivity contribution in [3.05, 3.63) is 30.1 Å². The molecular formula is C12H22NO3Si+. The Labute approximate surface area is 105 Å². The van der Waals surface area contributed by atoms with Crippen LogP contribution in [0.5, 0.6) is 0 Å². The van der Waals surface area contributed by atoms with Gasteiger partial charge in [-0.2, -0.15) is 0 Å². The lowest BCUT2D eigenvalue weighted by Gasteiger charge is -2.20. The maximum absolute atomic E-state index is 5.39. The lowest BCUT2D eigenvalue weighted by atomic mass is 10.1. The average Bonchev–Trinajstić information content (AvgIpc) is 2.37. The fourth-order valence-electron chi connectivity index (χ4n) is 1.63. The molecular weight excluding hydrogens is 234 g/mol. The second-order valence-electron chi connectivity index (χ2n) is 4.25. The van der Waals surface area contributed by atoms with Crippen LogP contribution in [0.2, 0.25) is 0 Å². The highest BCUT2D eigenvalue weighted by atomic mass is 28.4. The third-order valence-corrected chi connectivity index (χ3v) is 5.51. The smallest absolute Gasteiger partial charge is 0.373 e. The van der Waals surface area contributed by atoms with Gasteiger partial charge in [-0.3, -0.25) is 0 Å². The summed E-state index contributed by atoms with van der Waals surface area (Å²) < 4.78 is 18.2. The Hall–Kier alpha value is -0.753. The monoisotopic (exact) mass is 256 g/mol. The SMILES string of the molecule is CO[Si](C[n+]1ccc(C(C)C)cc1)(OC)OC. The van der Waals surface area contributed by atoms with Gasteiger partial charge in [-0.05, 0) is 11.5 Å². The van der Waals surface area contributed by atoms with Crippen LogP contribution in [0.25, 0.3) is 0 Å². The van der Waals surface area contributed by atoms with Crippen LogP contribution in [0.3, 0.4) is 0 Å². The van der Waals surface area contributed by atoms with Gasteiger partial charge < -0.3 is 13.3 Å². The lowest BCUT2D eigenvalue weighted by Crippen LogP contribution is -2.56. The van der Waals surface area contributed by atoms with Gasteiger partial charge in [0.2, 0.25) is 6.17 Å². The van der Waals surface area contributed by atoms with Crippen LogP contribution in [0.15, 0.2) is 24.5 Å². The Morgan fingerprint density at radius 1 is 1.06 bits per heavy atom. The molecule has 0 amide bonds. The van der Waals surface area contributed by atoms with E-state index in [1.807, 2.05) is 17.0 Å². The van der Waals surface area contributed by atoms with Crippen molar-refractivity contribution in [1.29, 1.82) is 0 Å². The highest BCUT2D eigenvalue weighted by Gasteiger charge is 2.43. The summed E-state index contributed by atoms with van der Waals surface area (Å²) in [5.41, 5.74) is 1.32. The van der Waals surface area contributed by atoms with Crippen LogP contribution >= 0.6 is 0 Å². The highest BCUT2D eigenvalue weighted by Crippen LogP contribution is 2.11. The van der Waals surface area contributed by atoms with E-state index in [1.54, 1.807) is 21.3 Å². The Morgan fingerprint density at radius 3 is 1.88 bits per heavy atom. The van der Waals surface area contributed by atoms with Gasteiger partial charge in [0.1, 0.15) is 0 Å². The number of aromatic nitrogens is 1. The molecule has 0 aliphatic rings. The molecule has 1 aromatic rings. The summed E-state index contributed by atoms with van der Waals surface area (Å²) in [5, 5.41) is 0. The van der Waals surface area contributed by atoms with Gasteiger partial charge in [0.05, 0.1) is 0 Å². The fraction of sp³-hybridized carbons (Fsp3) is 0.583. The first kappa shape index (κ1) is 14.3. The summed E-state index contributed by atoms with van der Waals surface area (Å²) in [6.07, 6.45) is 4.69. The largest absolute Gasteiger partial charge is 0.569 e. The van der Waals surface area contributed by atoms with E-state index >= 15 is 0 Å². The zero-order valence-electron chi connectivity index (χ0n) is 11.3. The molecule has 4 nitrogen and oxygen atoms in total. The van der Waals surface area contributed by atoms with E-state index in [1.165, 1.54) is 5.56 Å². The van der Waals surface area contributed by atoms with Crippen LogP contribution in [0.4, 0.5) is 0 Å². The molecule has 5 heteroatoms.